The van der Waals surface area contributed by atoms with Crippen LogP contribution < -0.4 is 0 Å². The molecule has 0 fully saturated rings. The van der Waals surface area contributed by atoms with Gasteiger partial charge in [0.1, 0.15) is 0 Å². The van der Waals surface area contributed by atoms with Gasteiger partial charge in [-0.2, -0.15) is 0 Å². The molecular weight excluding hydrogens is 284 g/mol. The first-order valence-corrected chi connectivity index (χ1v) is 6.00. The van der Waals surface area contributed by atoms with E-state index in [0.29, 0.717) is 0 Å². The van der Waals surface area contributed by atoms with E-state index in [0.717, 1.165) is 0 Å². The summed E-state index contributed by atoms with van der Waals surface area (Å²) >= 11 is 0. The summed E-state index contributed by atoms with van der Waals surface area (Å²) in [7, 11) is 0. The third-order valence-corrected chi connectivity index (χ3v) is 1.27. The quantitative estimate of drug-likeness (QED) is 0.576. The summed E-state index contributed by atoms with van der Waals surface area (Å²) in [6, 6.07) is 0. The summed E-state index contributed by atoms with van der Waals surface area (Å²) in [6.07, 6.45) is 0.667. The minimum Gasteiger partial charge on any atom is -0.481 e. The molecule has 0 aromatic carbocycles. The smallest absolute Gasteiger partial charge is 0.330 e. The molecule has 0 saturated carbocycles. The molecule has 0 atom stereocenters. The highest BCUT2D eigenvalue weighted by Gasteiger charge is 1.90. The fourth-order valence-corrected chi connectivity index (χ4v) is 0. The Hall–Kier alpha value is -2.38. The Morgan fingerprint density at radius 2 is 0.810 bits per heavy atom. The lowest BCUT2D eigenvalue weighted by atomic mass is 10.4. The van der Waals surface area contributed by atoms with Crippen molar-refractivity contribution in [3.63, 3.8) is 0 Å². The van der Waals surface area contributed by atoms with Crippen molar-refractivity contribution in [3.05, 3.63) is 12.2 Å². The van der Waals surface area contributed by atoms with Crippen molar-refractivity contribution >= 4 is 23.9 Å². The highest BCUT2D eigenvalue weighted by Crippen LogP contribution is 1.81. The monoisotopic (exact) mass is 308 g/mol. The lowest BCUT2D eigenvalue weighted by molar-refractivity contribution is -0.137. The molecule has 0 aliphatic rings. The van der Waals surface area contributed by atoms with Gasteiger partial charge < -0.3 is 20.4 Å². The number of aliphatic carboxylic acids is 4. The molecule has 0 aliphatic heterocycles. The molecule has 0 saturated heterocycles. The van der Waals surface area contributed by atoms with Crippen LogP contribution in [0.3, 0.4) is 0 Å². The van der Waals surface area contributed by atoms with E-state index < -0.39 is 23.9 Å². The first kappa shape index (κ1) is 27.0. The van der Waals surface area contributed by atoms with Crippen molar-refractivity contribution in [1.82, 2.24) is 0 Å². The third-order valence-electron chi connectivity index (χ3n) is 1.27. The fraction of sp³-hybridized carbons (Fsp3) is 0.538. The summed E-state index contributed by atoms with van der Waals surface area (Å²) in [5.74, 6) is -3.17. The van der Waals surface area contributed by atoms with E-state index in [1.54, 1.807) is 20.8 Å². The van der Waals surface area contributed by atoms with Crippen LogP contribution in [-0.4, -0.2) is 44.3 Å². The van der Waals surface area contributed by atoms with Gasteiger partial charge in [0.15, 0.2) is 0 Å². The lowest BCUT2D eigenvalue weighted by Gasteiger charge is -1.79. The molecule has 0 amide bonds. The normalized spacial score (nSPS) is 7.43. The molecule has 124 valence electrons. The van der Waals surface area contributed by atoms with Gasteiger partial charge in [-0.1, -0.05) is 27.4 Å². The second kappa shape index (κ2) is 19.9. The molecule has 0 radical (unpaired) electrons. The van der Waals surface area contributed by atoms with E-state index in [1.807, 2.05) is 0 Å². The highest BCUT2D eigenvalue weighted by atomic mass is 16.4. The predicted octanol–water partition coefficient (Wildman–Crippen LogP) is 2.09. The van der Waals surface area contributed by atoms with Crippen LogP contribution in [0, 0.1) is 0 Å². The van der Waals surface area contributed by atoms with Crippen LogP contribution in [0.5, 0.6) is 0 Å². The number of rotatable bonds is 4. The fourth-order valence-electron chi connectivity index (χ4n) is 0. The largest absolute Gasteiger partial charge is 0.481 e. The first-order valence-electron chi connectivity index (χ1n) is 6.00. The Kier molecular flexibility index (Phi) is 25.7. The number of hydrogen-bond donors (Lipinski definition) is 4. The van der Waals surface area contributed by atoms with Gasteiger partial charge in [0.25, 0.3) is 0 Å². The van der Waals surface area contributed by atoms with E-state index in [4.69, 9.17) is 20.4 Å². The Bertz CT molecular complexity index is 288. The average Bonchev–Trinajstić information content (AvgIpc) is 2.40. The van der Waals surface area contributed by atoms with Crippen LogP contribution in [0.25, 0.3) is 0 Å². The van der Waals surface area contributed by atoms with Gasteiger partial charge in [0.05, 0.1) is 0 Å². The molecule has 0 heterocycles. The van der Waals surface area contributed by atoms with Crippen LogP contribution in [0.1, 0.15) is 47.0 Å². The molecule has 0 aliphatic carbocycles. The third kappa shape index (κ3) is 74.0. The van der Waals surface area contributed by atoms with Gasteiger partial charge in [-0.05, 0) is 6.92 Å². The standard InChI is InChI=1S/C4H6O2.3C3H6O2/c1-3(2)4(5)6;3*1-2-3(4)5/h1H2,2H3,(H,5,6);3*2H2,1H3,(H,4,5). The van der Waals surface area contributed by atoms with Crippen LogP contribution in [-0.2, 0) is 19.2 Å². The number of carboxylic acids is 4. The van der Waals surface area contributed by atoms with E-state index in [-0.39, 0.29) is 24.8 Å². The maximum Gasteiger partial charge on any atom is 0.330 e. The van der Waals surface area contributed by atoms with Crippen LogP contribution in [0.15, 0.2) is 12.2 Å². The van der Waals surface area contributed by atoms with Gasteiger partial charge in [-0.25, -0.2) is 4.79 Å². The molecule has 0 aromatic rings. The second-order valence-electron chi connectivity index (χ2n) is 3.33. The molecule has 4 N–H and O–H groups in total. The number of carbonyl (C=O) groups is 4. The number of hydrogen-bond acceptors (Lipinski definition) is 4. The van der Waals surface area contributed by atoms with Crippen LogP contribution in [0.2, 0.25) is 0 Å². The predicted molar refractivity (Wildman–Crippen MR) is 76.2 cm³/mol. The van der Waals surface area contributed by atoms with Crippen molar-refractivity contribution in [1.29, 1.82) is 0 Å². The summed E-state index contributed by atoms with van der Waals surface area (Å²) in [4.78, 5) is 37.7. The van der Waals surface area contributed by atoms with E-state index >= 15 is 0 Å². The highest BCUT2D eigenvalue weighted by molar-refractivity contribution is 5.84. The van der Waals surface area contributed by atoms with E-state index in [1.165, 1.54) is 6.92 Å². The summed E-state index contributed by atoms with van der Waals surface area (Å²) < 4.78 is 0. The van der Waals surface area contributed by atoms with Gasteiger partial charge >= 0.3 is 23.9 Å². The SMILES string of the molecule is C=C(C)C(=O)O.CCC(=O)O.CCC(=O)O.CCC(=O)O. The van der Waals surface area contributed by atoms with Crippen molar-refractivity contribution in [3.8, 4) is 0 Å². The van der Waals surface area contributed by atoms with Crippen molar-refractivity contribution < 1.29 is 39.6 Å². The zero-order chi connectivity index (χ0) is 18.0. The van der Waals surface area contributed by atoms with E-state index in [2.05, 4.69) is 6.58 Å². The lowest BCUT2D eigenvalue weighted by Crippen LogP contribution is -1.92. The number of carboxylic acid groups (broad SMARTS) is 4. The minimum atomic E-state index is -0.935. The maximum absolute atomic E-state index is 9.60. The molecule has 21 heavy (non-hydrogen) atoms. The minimum absolute atomic E-state index is 0.176. The Morgan fingerprint density at radius 3 is 0.810 bits per heavy atom. The Labute approximate surface area is 123 Å². The Morgan fingerprint density at radius 1 is 0.714 bits per heavy atom. The van der Waals surface area contributed by atoms with Gasteiger partial charge in [-0.15, -0.1) is 0 Å². The summed E-state index contributed by atoms with van der Waals surface area (Å²) in [5.41, 5.74) is 0.176. The molecule has 8 heteroatoms. The second-order valence-corrected chi connectivity index (χ2v) is 3.33. The molecule has 0 unspecified atom stereocenters. The molecule has 0 rings (SSSR count). The van der Waals surface area contributed by atoms with Crippen molar-refractivity contribution in [2.24, 2.45) is 0 Å². The summed E-state index contributed by atoms with van der Waals surface area (Å²) in [6.45, 7) is 9.40. The molecular formula is C13H24O8. The van der Waals surface area contributed by atoms with Gasteiger partial charge in [0.2, 0.25) is 0 Å². The topological polar surface area (TPSA) is 149 Å². The maximum atomic E-state index is 9.60. The summed E-state index contributed by atoms with van der Waals surface area (Å²) in [5, 5.41) is 31.1. The van der Waals surface area contributed by atoms with Gasteiger partial charge in [0, 0.05) is 24.8 Å². The van der Waals surface area contributed by atoms with E-state index in [9.17, 15) is 19.2 Å². The zero-order valence-electron chi connectivity index (χ0n) is 12.8. The van der Waals surface area contributed by atoms with Gasteiger partial charge in [-0.3, -0.25) is 14.4 Å². The van der Waals surface area contributed by atoms with Crippen molar-refractivity contribution in [2.45, 2.75) is 47.0 Å². The zero-order valence-corrected chi connectivity index (χ0v) is 12.8. The molecule has 0 spiro atoms. The average molecular weight is 308 g/mol. The molecule has 0 bridgehead atoms. The first-order chi connectivity index (χ1) is 9.45. The Balaban J connectivity index is -0.0000000921. The van der Waals surface area contributed by atoms with Crippen LogP contribution >= 0.6 is 0 Å². The molecule has 0 aromatic heterocycles. The molecule has 8 nitrogen and oxygen atoms in total. The van der Waals surface area contributed by atoms with Crippen LogP contribution in [0.4, 0.5) is 0 Å². The van der Waals surface area contributed by atoms with Crippen molar-refractivity contribution in [2.75, 3.05) is 0 Å².